The second-order valence-corrected chi connectivity index (χ2v) is 3.83. The van der Waals surface area contributed by atoms with Crippen molar-refractivity contribution in [3.63, 3.8) is 0 Å². The van der Waals surface area contributed by atoms with Crippen molar-refractivity contribution >= 4 is 24.2 Å². The van der Waals surface area contributed by atoms with Gasteiger partial charge in [-0.25, -0.2) is 0 Å². The van der Waals surface area contributed by atoms with Gasteiger partial charge in [0.05, 0.1) is 5.69 Å². The highest BCUT2D eigenvalue weighted by Crippen LogP contribution is 2.01. The Kier molecular flexibility index (Phi) is 7.71. The molecule has 0 saturated carbocycles. The lowest BCUT2D eigenvalue weighted by Gasteiger charge is -2.13. The topological polar surface area (TPSA) is 97.1 Å². The van der Waals surface area contributed by atoms with Crippen LogP contribution in [0.15, 0.2) is 18.3 Å². The van der Waals surface area contributed by atoms with Gasteiger partial charge in [0.2, 0.25) is 5.91 Å². The fourth-order valence-electron chi connectivity index (χ4n) is 1.40. The van der Waals surface area contributed by atoms with Gasteiger partial charge in [-0.2, -0.15) is 0 Å². The number of carbonyl (C=O) groups is 2. The van der Waals surface area contributed by atoms with Crippen LogP contribution < -0.4 is 16.4 Å². The minimum atomic E-state index is -0.577. The minimum Gasteiger partial charge on any atom is -0.355 e. The van der Waals surface area contributed by atoms with Crippen molar-refractivity contribution in [2.24, 2.45) is 5.73 Å². The third kappa shape index (κ3) is 5.23. The number of likely N-dealkylation sites (N-methyl/N-ethyl adjacent to an activating group) is 1. The van der Waals surface area contributed by atoms with E-state index >= 15 is 0 Å². The van der Waals surface area contributed by atoms with E-state index in [1.165, 1.54) is 6.20 Å². The molecule has 1 aromatic heterocycles. The fraction of sp³-hybridized carbons (Fsp3) is 0.417. The Morgan fingerprint density at radius 2 is 2.16 bits per heavy atom. The number of halogens is 1. The van der Waals surface area contributed by atoms with Crippen molar-refractivity contribution in [1.29, 1.82) is 0 Å². The number of nitrogens with two attached hydrogens (primary N) is 1. The summed E-state index contributed by atoms with van der Waals surface area (Å²) in [7, 11) is 0. The molecule has 7 heteroatoms. The molecule has 106 valence electrons. The maximum atomic E-state index is 11.9. The molecule has 1 aromatic rings. The summed E-state index contributed by atoms with van der Waals surface area (Å²) in [5.74, 6) is -0.523. The van der Waals surface area contributed by atoms with Crippen molar-refractivity contribution < 1.29 is 9.59 Å². The molecular formula is C12H19ClN4O2. The molecular weight excluding hydrogens is 268 g/mol. The number of pyridine rings is 1. The first-order chi connectivity index (χ1) is 8.58. The molecule has 4 N–H and O–H groups in total. The van der Waals surface area contributed by atoms with Gasteiger partial charge in [0.25, 0.3) is 5.91 Å². The number of rotatable bonds is 5. The highest BCUT2D eigenvalue weighted by atomic mass is 35.5. The Morgan fingerprint density at radius 3 is 2.74 bits per heavy atom. The summed E-state index contributed by atoms with van der Waals surface area (Å²) < 4.78 is 0. The number of nitrogens with one attached hydrogen (secondary N) is 2. The Hall–Kier alpha value is -1.66. The molecule has 1 atom stereocenters. The van der Waals surface area contributed by atoms with Gasteiger partial charge in [-0.1, -0.05) is 0 Å². The van der Waals surface area contributed by atoms with Crippen LogP contribution in [0.2, 0.25) is 0 Å². The predicted octanol–water partition coefficient (Wildman–Crippen LogP) is 0.216. The van der Waals surface area contributed by atoms with Crippen LogP contribution in [-0.4, -0.2) is 29.4 Å². The molecule has 0 bridgehead atoms. The summed E-state index contributed by atoms with van der Waals surface area (Å²) in [6, 6.07) is 2.62. The monoisotopic (exact) mass is 286 g/mol. The van der Waals surface area contributed by atoms with Crippen LogP contribution in [0.5, 0.6) is 0 Å². The van der Waals surface area contributed by atoms with Crippen LogP contribution >= 0.6 is 12.4 Å². The lowest BCUT2D eigenvalue weighted by molar-refractivity contribution is -0.122. The van der Waals surface area contributed by atoms with Gasteiger partial charge >= 0.3 is 0 Å². The molecule has 0 saturated heterocycles. The van der Waals surface area contributed by atoms with E-state index in [-0.39, 0.29) is 30.8 Å². The first-order valence-corrected chi connectivity index (χ1v) is 5.82. The molecule has 0 aliphatic carbocycles. The summed E-state index contributed by atoms with van der Waals surface area (Å²) in [6.07, 6.45) is 1.52. The third-order valence-electron chi connectivity index (χ3n) is 2.38. The number of carbonyl (C=O) groups excluding carboxylic acids is 2. The maximum Gasteiger partial charge on any atom is 0.252 e. The minimum absolute atomic E-state index is 0. The van der Waals surface area contributed by atoms with E-state index in [1.54, 1.807) is 19.1 Å². The highest BCUT2D eigenvalue weighted by Gasteiger charge is 2.15. The van der Waals surface area contributed by atoms with Crippen LogP contribution in [-0.2, 0) is 11.3 Å². The van der Waals surface area contributed by atoms with Gasteiger partial charge in [-0.05, 0) is 26.0 Å². The molecule has 1 heterocycles. The zero-order valence-corrected chi connectivity index (χ0v) is 11.8. The molecule has 0 aliphatic rings. The number of aromatic nitrogens is 1. The summed E-state index contributed by atoms with van der Waals surface area (Å²) in [4.78, 5) is 27.3. The lowest BCUT2D eigenvalue weighted by Crippen LogP contribution is -2.44. The van der Waals surface area contributed by atoms with Crippen LogP contribution in [0.25, 0.3) is 0 Å². The average molecular weight is 287 g/mol. The SMILES string of the molecule is CCNC(=O)C(C)NC(=O)c1ccnc(CN)c1.Cl. The summed E-state index contributed by atoms with van der Waals surface area (Å²) in [5, 5.41) is 5.25. The first-order valence-electron chi connectivity index (χ1n) is 5.82. The molecule has 1 unspecified atom stereocenters. The molecule has 2 amide bonds. The Bertz CT molecular complexity index is 439. The van der Waals surface area contributed by atoms with Crippen LogP contribution in [0.3, 0.4) is 0 Å². The van der Waals surface area contributed by atoms with Crippen LogP contribution in [0, 0.1) is 0 Å². The van der Waals surface area contributed by atoms with Crippen LogP contribution in [0.4, 0.5) is 0 Å². The van der Waals surface area contributed by atoms with Crippen molar-refractivity contribution in [1.82, 2.24) is 15.6 Å². The molecule has 19 heavy (non-hydrogen) atoms. The van der Waals surface area contributed by atoms with E-state index in [0.717, 1.165) is 0 Å². The summed E-state index contributed by atoms with van der Waals surface area (Å²) in [5.41, 5.74) is 6.53. The zero-order chi connectivity index (χ0) is 13.5. The summed E-state index contributed by atoms with van der Waals surface area (Å²) >= 11 is 0. The fourth-order valence-corrected chi connectivity index (χ4v) is 1.40. The Morgan fingerprint density at radius 1 is 1.47 bits per heavy atom. The zero-order valence-electron chi connectivity index (χ0n) is 11.0. The van der Waals surface area contributed by atoms with Crippen molar-refractivity contribution in [2.45, 2.75) is 26.4 Å². The lowest BCUT2D eigenvalue weighted by atomic mass is 10.2. The highest BCUT2D eigenvalue weighted by molar-refractivity contribution is 5.97. The van der Waals surface area contributed by atoms with E-state index < -0.39 is 6.04 Å². The van der Waals surface area contributed by atoms with Gasteiger partial charge in [-0.3, -0.25) is 14.6 Å². The maximum absolute atomic E-state index is 11.9. The Balaban J connectivity index is 0.00000324. The van der Waals surface area contributed by atoms with Crippen molar-refractivity contribution in [3.8, 4) is 0 Å². The average Bonchev–Trinajstić information content (AvgIpc) is 2.39. The van der Waals surface area contributed by atoms with Gasteiger partial charge in [-0.15, -0.1) is 12.4 Å². The number of nitrogens with zero attached hydrogens (tertiary/aromatic N) is 1. The van der Waals surface area contributed by atoms with Gasteiger partial charge in [0.1, 0.15) is 6.04 Å². The van der Waals surface area contributed by atoms with Gasteiger partial charge in [0.15, 0.2) is 0 Å². The van der Waals surface area contributed by atoms with E-state index in [2.05, 4.69) is 15.6 Å². The molecule has 0 fully saturated rings. The number of amides is 2. The largest absolute Gasteiger partial charge is 0.355 e. The molecule has 0 aromatic carbocycles. The second-order valence-electron chi connectivity index (χ2n) is 3.83. The number of hydrogen-bond acceptors (Lipinski definition) is 4. The molecule has 0 aliphatic heterocycles. The Labute approximate surface area is 118 Å². The van der Waals surface area contributed by atoms with Gasteiger partial charge < -0.3 is 16.4 Å². The normalized spacial score (nSPS) is 11.1. The quantitative estimate of drug-likeness (QED) is 0.721. The first kappa shape index (κ1) is 17.3. The number of hydrogen-bond donors (Lipinski definition) is 3. The van der Waals surface area contributed by atoms with Crippen molar-refractivity contribution in [2.75, 3.05) is 6.54 Å². The van der Waals surface area contributed by atoms with E-state index in [4.69, 9.17) is 5.73 Å². The third-order valence-corrected chi connectivity index (χ3v) is 2.38. The molecule has 6 nitrogen and oxygen atoms in total. The van der Waals surface area contributed by atoms with E-state index in [1.807, 2.05) is 6.92 Å². The van der Waals surface area contributed by atoms with Crippen LogP contribution in [0.1, 0.15) is 29.9 Å². The second kappa shape index (κ2) is 8.44. The molecule has 1 rings (SSSR count). The molecule has 0 spiro atoms. The standard InChI is InChI=1S/C12H18N4O2.ClH/c1-3-14-11(17)8(2)16-12(18)9-4-5-15-10(6-9)7-13;/h4-6,8H,3,7,13H2,1-2H3,(H,14,17)(H,16,18);1H. The smallest absolute Gasteiger partial charge is 0.252 e. The summed E-state index contributed by atoms with van der Waals surface area (Å²) in [6.45, 7) is 4.26. The molecule has 0 radical (unpaired) electrons. The predicted molar refractivity (Wildman–Crippen MR) is 75.0 cm³/mol. The van der Waals surface area contributed by atoms with E-state index in [9.17, 15) is 9.59 Å². The van der Waals surface area contributed by atoms with E-state index in [0.29, 0.717) is 17.8 Å². The van der Waals surface area contributed by atoms with Gasteiger partial charge in [0, 0.05) is 24.8 Å². The van der Waals surface area contributed by atoms with Crippen molar-refractivity contribution in [3.05, 3.63) is 29.6 Å².